The molecule has 0 unspecified atom stereocenters. The van der Waals surface area contributed by atoms with Crippen LogP contribution in [-0.4, -0.2) is 29.8 Å². The molecule has 0 amide bonds. The van der Waals surface area contributed by atoms with Crippen LogP contribution in [0.25, 0.3) is 16.4 Å². The fourth-order valence-corrected chi connectivity index (χ4v) is 4.89. The molecule has 0 bridgehead atoms. The van der Waals surface area contributed by atoms with E-state index in [0.717, 1.165) is 0 Å². The molecule has 0 saturated heterocycles. The Morgan fingerprint density at radius 2 is 1.81 bits per heavy atom. The number of sulfonamides is 1. The van der Waals surface area contributed by atoms with Gasteiger partial charge in [-0.3, -0.25) is 9.29 Å². The first-order valence-electron chi connectivity index (χ1n) is 9.11. The topological polar surface area (TPSA) is 86.1 Å². The predicted octanol–water partition coefficient (Wildman–Crippen LogP) is 5.19. The lowest BCUT2D eigenvalue weighted by molar-refractivity contribution is -0.0498. The molecule has 4 rings (SSSR count). The Morgan fingerprint density at radius 1 is 1.06 bits per heavy atom. The van der Waals surface area contributed by atoms with E-state index in [-0.39, 0.29) is 29.0 Å². The van der Waals surface area contributed by atoms with Crippen molar-refractivity contribution in [2.75, 3.05) is 4.72 Å². The predicted molar refractivity (Wildman–Crippen MR) is 119 cm³/mol. The lowest BCUT2D eigenvalue weighted by Crippen LogP contribution is -2.18. The number of para-hydroxylation sites is 2. The quantitative estimate of drug-likeness (QED) is 0.362. The van der Waals surface area contributed by atoms with Gasteiger partial charge in [-0.25, -0.2) is 8.42 Å². The van der Waals surface area contributed by atoms with Gasteiger partial charge in [0.2, 0.25) is 16.0 Å². The summed E-state index contributed by atoms with van der Waals surface area (Å²) in [6.45, 7) is -3.07. The Kier molecular flexibility index (Phi) is 6.40. The summed E-state index contributed by atoms with van der Waals surface area (Å²) in [5.74, 6) is -0.388. The third kappa shape index (κ3) is 5.06. The highest BCUT2D eigenvalue weighted by Crippen LogP contribution is 2.33. The highest BCUT2D eigenvalue weighted by atomic mass is 35.5. The van der Waals surface area contributed by atoms with E-state index in [4.69, 9.17) is 11.6 Å². The number of nitrogens with zero attached hydrogens (tertiary/aromatic N) is 3. The molecule has 0 saturated carbocycles. The molecule has 166 valence electrons. The van der Waals surface area contributed by atoms with Crippen LogP contribution in [0, 0.1) is 0 Å². The number of benzene rings is 2. The van der Waals surface area contributed by atoms with Crippen LogP contribution in [0.3, 0.4) is 0 Å². The zero-order valence-electron chi connectivity index (χ0n) is 16.2. The van der Waals surface area contributed by atoms with Crippen LogP contribution in [0.15, 0.2) is 66.0 Å². The van der Waals surface area contributed by atoms with Crippen LogP contribution in [-0.2, 0) is 15.8 Å². The van der Waals surface area contributed by atoms with Crippen LogP contribution in [0.5, 0.6) is 5.75 Å². The first-order valence-corrected chi connectivity index (χ1v) is 12.0. The van der Waals surface area contributed by atoms with Crippen LogP contribution >= 0.6 is 22.9 Å². The summed E-state index contributed by atoms with van der Waals surface area (Å²) in [5.41, 5.74) is 0.665. The van der Waals surface area contributed by atoms with Crippen molar-refractivity contribution in [2.45, 2.75) is 12.4 Å². The smallest absolute Gasteiger partial charge is 0.387 e. The Bertz CT molecular complexity index is 1310. The molecule has 0 aliphatic carbocycles. The monoisotopic (exact) mass is 496 g/mol. The molecule has 0 aliphatic heterocycles. The fraction of sp³-hybridized carbons (Fsp3) is 0.100. The maximum absolute atomic E-state index is 13.0. The van der Waals surface area contributed by atoms with Gasteiger partial charge in [-0.1, -0.05) is 41.9 Å². The number of hydrogen-bond donors (Lipinski definition) is 1. The SMILES string of the molecule is O=S(=O)(Cc1ccc(Cl)cc1)Nc1nnc(-c2cccs2)n1-c1ccccc1OC(F)F. The van der Waals surface area contributed by atoms with Crippen molar-refractivity contribution in [3.05, 3.63) is 76.6 Å². The number of halogens is 3. The average Bonchev–Trinajstić information content (AvgIpc) is 3.39. The van der Waals surface area contributed by atoms with Gasteiger partial charge in [0.15, 0.2) is 5.82 Å². The molecule has 0 fully saturated rings. The zero-order chi connectivity index (χ0) is 22.7. The normalized spacial score (nSPS) is 11.6. The van der Waals surface area contributed by atoms with Crippen molar-refractivity contribution in [3.63, 3.8) is 0 Å². The number of thiophene rings is 1. The molecule has 0 radical (unpaired) electrons. The van der Waals surface area contributed by atoms with Gasteiger partial charge in [0.1, 0.15) is 5.75 Å². The molecule has 0 atom stereocenters. The minimum Gasteiger partial charge on any atom is -0.433 e. The van der Waals surface area contributed by atoms with Crippen LogP contribution < -0.4 is 9.46 Å². The third-order valence-electron chi connectivity index (χ3n) is 4.24. The summed E-state index contributed by atoms with van der Waals surface area (Å²) in [6, 6.07) is 15.9. The minimum absolute atomic E-state index is 0.154. The molecular formula is C20H15ClF2N4O3S2. The summed E-state index contributed by atoms with van der Waals surface area (Å²) in [6.07, 6.45) is 0. The molecule has 12 heteroatoms. The van der Waals surface area contributed by atoms with Crippen molar-refractivity contribution in [1.29, 1.82) is 0 Å². The number of aromatic nitrogens is 3. The standard InChI is InChI=1S/C20H15ClF2N4O3S2/c21-14-9-7-13(8-10-14)12-32(28,29)26-20-25-24-18(17-6-3-11-31-17)27(20)15-4-1-2-5-16(15)30-19(22)23/h1-11,19H,12H2,(H,25,26). The van der Waals surface area contributed by atoms with Gasteiger partial charge in [0.25, 0.3) is 0 Å². The minimum atomic E-state index is -3.92. The van der Waals surface area contributed by atoms with Crippen molar-refractivity contribution in [1.82, 2.24) is 14.8 Å². The lowest BCUT2D eigenvalue weighted by atomic mass is 10.2. The number of ether oxygens (including phenoxy) is 1. The molecule has 4 aromatic rings. The number of rotatable bonds is 8. The van der Waals surface area contributed by atoms with Gasteiger partial charge < -0.3 is 4.74 Å². The van der Waals surface area contributed by atoms with E-state index in [1.807, 2.05) is 0 Å². The number of anilines is 1. The number of nitrogens with one attached hydrogen (secondary N) is 1. The summed E-state index contributed by atoms with van der Waals surface area (Å²) >= 11 is 7.19. The molecular weight excluding hydrogens is 482 g/mol. The zero-order valence-corrected chi connectivity index (χ0v) is 18.5. The average molecular weight is 497 g/mol. The van der Waals surface area contributed by atoms with Crippen molar-refractivity contribution in [2.24, 2.45) is 0 Å². The Balaban J connectivity index is 1.76. The maximum atomic E-state index is 13.0. The molecule has 2 heterocycles. The first kappa shape index (κ1) is 22.2. The number of hydrogen-bond acceptors (Lipinski definition) is 6. The van der Waals surface area contributed by atoms with E-state index in [1.54, 1.807) is 47.8 Å². The second kappa shape index (κ2) is 9.23. The van der Waals surface area contributed by atoms with Gasteiger partial charge in [0, 0.05) is 5.02 Å². The first-order chi connectivity index (χ1) is 15.3. The lowest BCUT2D eigenvalue weighted by Gasteiger charge is -2.15. The van der Waals surface area contributed by atoms with Crippen molar-refractivity contribution < 1.29 is 21.9 Å². The van der Waals surface area contributed by atoms with Crippen molar-refractivity contribution in [3.8, 4) is 22.1 Å². The van der Waals surface area contributed by atoms with Crippen LogP contribution in [0.1, 0.15) is 5.56 Å². The molecule has 2 aromatic heterocycles. The van der Waals surface area contributed by atoms with Crippen LogP contribution in [0.2, 0.25) is 5.02 Å². The molecule has 1 N–H and O–H groups in total. The van der Waals surface area contributed by atoms with Crippen molar-refractivity contribution >= 4 is 38.9 Å². The van der Waals surface area contributed by atoms with E-state index in [0.29, 0.717) is 15.5 Å². The highest BCUT2D eigenvalue weighted by Gasteiger charge is 2.24. The van der Waals surface area contributed by atoms with Gasteiger partial charge in [-0.2, -0.15) is 8.78 Å². The summed E-state index contributed by atoms with van der Waals surface area (Å²) in [4.78, 5) is 0.660. The largest absolute Gasteiger partial charge is 0.433 e. The fourth-order valence-electron chi connectivity index (χ4n) is 2.96. The molecule has 2 aromatic carbocycles. The van der Waals surface area contributed by atoms with E-state index in [2.05, 4.69) is 19.7 Å². The highest BCUT2D eigenvalue weighted by molar-refractivity contribution is 7.91. The van der Waals surface area contributed by atoms with E-state index < -0.39 is 16.6 Å². The third-order valence-corrected chi connectivity index (χ3v) is 6.57. The van der Waals surface area contributed by atoms with E-state index in [9.17, 15) is 17.2 Å². The molecule has 0 spiro atoms. The Morgan fingerprint density at radius 3 is 2.50 bits per heavy atom. The summed E-state index contributed by atoms with van der Waals surface area (Å²) < 4.78 is 60.0. The van der Waals surface area contributed by atoms with Gasteiger partial charge in [0.05, 0.1) is 16.3 Å². The van der Waals surface area contributed by atoms with Gasteiger partial charge in [-0.05, 0) is 41.3 Å². The molecule has 0 aliphatic rings. The second-order valence-corrected chi connectivity index (χ2v) is 9.60. The van der Waals surface area contributed by atoms with E-state index >= 15 is 0 Å². The molecule has 7 nitrogen and oxygen atoms in total. The van der Waals surface area contributed by atoms with Gasteiger partial charge >= 0.3 is 6.61 Å². The van der Waals surface area contributed by atoms with Gasteiger partial charge in [-0.15, -0.1) is 21.5 Å². The molecule has 32 heavy (non-hydrogen) atoms. The second-order valence-electron chi connectivity index (χ2n) is 6.49. The van der Waals surface area contributed by atoms with E-state index in [1.165, 1.54) is 34.1 Å². The Hall–Kier alpha value is -3.02. The maximum Gasteiger partial charge on any atom is 0.387 e. The Labute approximate surface area is 191 Å². The number of alkyl halides is 2. The summed E-state index contributed by atoms with van der Waals surface area (Å²) in [7, 11) is -3.92. The summed E-state index contributed by atoms with van der Waals surface area (Å²) in [5, 5.41) is 10.4. The van der Waals surface area contributed by atoms with Crippen LogP contribution in [0.4, 0.5) is 14.7 Å².